The van der Waals surface area contributed by atoms with Crippen LogP contribution in [0.5, 0.6) is 0 Å². The molecule has 116 valence electrons. The summed E-state index contributed by atoms with van der Waals surface area (Å²) in [7, 11) is 1.42. The Bertz CT molecular complexity index is 299. The van der Waals surface area contributed by atoms with Gasteiger partial charge in [0, 0.05) is 10.2 Å². The highest BCUT2D eigenvalue weighted by molar-refractivity contribution is 6.15. The first-order valence-electron chi connectivity index (χ1n) is 9.57. The standard InChI is InChI=1S/C19H36Si/c1-18(15-9-3-4-10-15,16-11-5-6-12-16)19(2,20)17-13-7-8-14-17/h15-17H,3-14H2,1-2,20H3. The van der Waals surface area contributed by atoms with E-state index in [9.17, 15) is 0 Å². The molecule has 3 aliphatic carbocycles. The number of hydrogen-bond acceptors (Lipinski definition) is 0. The van der Waals surface area contributed by atoms with Gasteiger partial charge in [0.15, 0.2) is 0 Å². The maximum atomic E-state index is 2.77. The smallest absolute Gasteiger partial charge is 0.0114 e. The highest BCUT2D eigenvalue weighted by atomic mass is 28.1. The van der Waals surface area contributed by atoms with E-state index in [1.54, 1.807) is 38.5 Å². The Labute approximate surface area is 129 Å². The Morgan fingerprint density at radius 3 is 1.25 bits per heavy atom. The minimum Gasteiger partial charge on any atom is -0.0622 e. The SMILES string of the molecule is CC([SiH3])(C1CCCC1)C(C)(C1CCCC1)C1CCCC1. The Kier molecular flexibility index (Phi) is 4.37. The second-order valence-electron chi connectivity index (χ2n) is 8.95. The molecule has 0 nitrogen and oxygen atoms in total. The second-order valence-corrected chi connectivity index (χ2v) is 11.0. The molecule has 0 N–H and O–H groups in total. The quantitative estimate of drug-likeness (QED) is 0.632. The second kappa shape index (κ2) is 5.78. The molecule has 1 heteroatoms. The third-order valence-corrected chi connectivity index (χ3v) is 10.1. The zero-order chi connectivity index (χ0) is 14.2. The molecule has 0 aromatic rings. The highest BCUT2D eigenvalue weighted by Gasteiger charge is 2.54. The number of hydrogen-bond donors (Lipinski definition) is 0. The summed E-state index contributed by atoms with van der Waals surface area (Å²) in [6, 6.07) is 0. The van der Waals surface area contributed by atoms with E-state index in [0.29, 0.717) is 10.5 Å². The van der Waals surface area contributed by atoms with Crippen LogP contribution >= 0.6 is 0 Å². The summed E-state index contributed by atoms with van der Waals surface area (Å²) in [4.78, 5) is 0. The first-order chi connectivity index (χ1) is 9.57. The molecule has 3 rings (SSSR count). The van der Waals surface area contributed by atoms with E-state index in [0.717, 1.165) is 17.8 Å². The van der Waals surface area contributed by atoms with Crippen molar-refractivity contribution in [1.82, 2.24) is 0 Å². The molecule has 3 aliphatic rings. The van der Waals surface area contributed by atoms with Gasteiger partial charge in [-0.1, -0.05) is 65.2 Å². The molecule has 0 spiro atoms. The van der Waals surface area contributed by atoms with Crippen molar-refractivity contribution in [2.75, 3.05) is 0 Å². The maximum Gasteiger partial charge on any atom is 0.0114 e. The van der Waals surface area contributed by atoms with E-state index in [1.807, 2.05) is 0 Å². The lowest BCUT2D eigenvalue weighted by Crippen LogP contribution is -2.46. The summed E-state index contributed by atoms with van der Waals surface area (Å²) in [5, 5.41) is 0.702. The molecule has 20 heavy (non-hydrogen) atoms. The van der Waals surface area contributed by atoms with Crippen LogP contribution < -0.4 is 0 Å². The fraction of sp³-hybridized carbons (Fsp3) is 1.00. The van der Waals surface area contributed by atoms with Gasteiger partial charge < -0.3 is 0 Å². The van der Waals surface area contributed by atoms with Gasteiger partial charge in [-0.2, -0.15) is 0 Å². The molecule has 0 saturated heterocycles. The first-order valence-corrected chi connectivity index (χ1v) is 10.6. The van der Waals surface area contributed by atoms with Crippen LogP contribution in [-0.4, -0.2) is 10.2 Å². The Morgan fingerprint density at radius 1 is 0.600 bits per heavy atom. The normalized spacial score (nSPS) is 30.3. The van der Waals surface area contributed by atoms with E-state index in [2.05, 4.69) is 13.8 Å². The lowest BCUT2D eigenvalue weighted by molar-refractivity contribution is 0.0154. The van der Waals surface area contributed by atoms with E-state index < -0.39 is 0 Å². The van der Waals surface area contributed by atoms with Crippen LogP contribution in [0.1, 0.15) is 90.9 Å². The van der Waals surface area contributed by atoms with Crippen LogP contribution in [0.15, 0.2) is 0 Å². The van der Waals surface area contributed by atoms with E-state index in [4.69, 9.17) is 0 Å². The fourth-order valence-corrected chi connectivity index (χ4v) is 7.92. The van der Waals surface area contributed by atoms with Crippen molar-refractivity contribution in [3.8, 4) is 0 Å². The van der Waals surface area contributed by atoms with Crippen LogP contribution in [0, 0.1) is 23.2 Å². The van der Waals surface area contributed by atoms with E-state index in [1.165, 1.54) is 48.8 Å². The molecule has 3 fully saturated rings. The molecule has 0 amide bonds. The molecule has 0 bridgehead atoms. The van der Waals surface area contributed by atoms with Gasteiger partial charge in [0.05, 0.1) is 0 Å². The molecular weight excluding hydrogens is 256 g/mol. The third-order valence-electron chi connectivity index (χ3n) is 8.17. The van der Waals surface area contributed by atoms with Crippen LogP contribution in [0.25, 0.3) is 0 Å². The highest BCUT2D eigenvalue weighted by Crippen LogP contribution is 2.65. The molecule has 0 heterocycles. The summed E-state index contributed by atoms with van der Waals surface area (Å²) in [6.07, 6.45) is 18.4. The van der Waals surface area contributed by atoms with Crippen molar-refractivity contribution in [2.24, 2.45) is 23.2 Å². The van der Waals surface area contributed by atoms with Crippen molar-refractivity contribution in [3.63, 3.8) is 0 Å². The molecule has 0 aromatic carbocycles. The van der Waals surface area contributed by atoms with Crippen molar-refractivity contribution in [3.05, 3.63) is 0 Å². The predicted octanol–water partition coefficient (Wildman–Crippen LogP) is 5.11. The van der Waals surface area contributed by atoms with Gasteiger partial charge in [0.2, 0.25) is 0 Å². The average molecular weight is 293 g/mol. The number of rotatable bonds is 4. The van der Waals surface area contributed by atoms with Gasteiger partial charge >= 0.3 is 0 Å². The minimum atomic E-state index is 0.682. The van der Waals surface area contributed by atoms with Crippen LogP contribution in [0.4, 0.5) is 0 Å². The largest absolute Gasteiger partial charge is 0.0622 e. The molecule has 0 aliphatic heterocycles. The Balaban J connectivity index is 1.90. The zero-order valence-electron chi connectivity index (χ0n) is 14.2. The predicted molar refractivity (Wildman–Crippen MR) is 92.3 cm³/mol. The van der Waals surface area contributed by atoms with Crippen LogP contribution in [0.3, 0.4) is 0 Å². The van der Waals surface area contributed by atoms with Crippen molar-refractivity contribution in [1.29, 1.82) is 0 Å². The van der Waals surface area contributed by atoms with Gasteiger partial charge in [0.1, 0.15) is 0 Å². The molecule has 1 unspecified atom stereocenters. The molecule has 3 saturated carbocycles. The Morgan fingerprint density at radius 2 is 0.900 bits per heavy atom. The summed E-state index contributed by atoms with van der Waals surface area (Å²) >= 11 is 0. The van der Waals surface area contributed by atoms with Gasteiger partial charge in [0.25, 0.3) is 0 Å². The first kappa shape index (κ1) is 15.1. The topological polar surface area (TPSA) is 0 Å². The van der Waals surface area contributed by atoms with Gasteiger partial charge in [-0.25, -0.2) is 0 Å². The van der Waals surface area contributed by atoms with Crippen LogP contribution in [-0.2, 0) is 0 Å². The van der Waals surface area contributed by atoms with Crippen LogP contribution in [0.2, 0.25) is 5.04 Å². The minimum absolute atomic E-state index is 0.682. The summed E-state index contributed by atoms with van der Waals surface area (Å²) in [6.45, 7) is 5.50. The average Bonchev–Trinajstić information content (AvgIpc) is 3.18. The molecule has 0 aromatic heterocycles. The monoisotopic (exact) mass is 292 g/mol. The van der Waals surface area contributed by atoms with Crippen molar-refractivity contribution >= 4 is 10.2 Å². The summed E-state index contributed by atoms with van der Waals surface area (Å²) < 4.78 is 0. The maximum absolute atomic E-state index is 2.77. The van der Waals surface area contributed by atoms with Gasteiger partial charge in [-0.05, 0) is 53.9 Å². The van der Waals surface area contributed by atoms with Gasteiger partial charge in [-0.3, -0.25) is 0 Å². The summed E-state index contributed by atoms with van der Waals surface area (Å²) in [5.41, 5.74) is 0.682. The van der Waals surface area contributed by atoms with Gasteiger partial charge in [-0.15, -0.1) is 0 Å². The lowest BCUT2D eigenvalue weighted by atomic mass is 9.56. The van der Waals surface area contributed by atoms with Crippen molar-refractivity contribution in [2.45, 2.75) is 95.9 Å². The lowest BCUT2D eigenvalue weighted by Gasteiger charge is -2.56. The van der Waals surface area contributed by atoms with E-state index >= 15 is 0 Å². The Hall–Kier alpha value is 0.217. The zero-order valence-corrected chi connectivity index (χ0v) is 16.2. The summed E-state index contributed by atoms with van der Waals surface area (Å²) in [5.74, 6) is 3.20. The molecular formula is C19H36Si. The molecule has 0 radical (unpaired) electrons. The third kappa shape index (κ3) is 2.32. The van der Waals surface area contributed by atoms with E-state index in [-0.39, 0.29) is 0 Å². The van der Waals surface area contributed by atoms with Crippen molar-refractivity contribution < 1.29 is 0 Å². The fourth-order valence-electron chi connectivity index (χ4n) is 6.52. The molecule has 1 atom stereocenters.